The van der Waals surface area contributed by atoms with Gasteiger partial charge in [-0.25, -0.2) is 4.98 Å². The molecular weight excluding hydrogens is 344 g/mol. The lowest BCUT2D eigenvalue weighted by atomic mass is 10.1. The number of rotatable bonds is 6. The zero-order valence-electron chi connectivity index (χ0n) is 16.2. The van der Waals surface area contributed by atoms with Crippen molar-refractivity contribution in [2.45, 2.75) is 20.3 Å². The molecule has 28 heavy (non-hydrogen) atoms. The van der Waals surface area contributed by atoms with E-state index in [-0.39, 0.29) is 0 Å². The maximum atomic E-state index is 4.76. The highest BCUT2D eigenvalue weighted by Gasteiger charge is 2.09. The Morgan fingerprint density at radius 2 is 1.61 bits per heavy atom. The molecule has 0 amide bonds. The largest absolute Gasteiger partial charge is 0.369 e. The Balaban J connectivity index is 1.59. The summed E-state index contributed by atoms with van der Waals surface area (Å²) >= 11 is 0. The van der Waals surface area contributed by atoms with Gasteiger partial charge in [0, 0.05) is 17.6 Å². The first-order valence-corrected chi connectivity index (χ1v) is 9.58. The van der Waals surface area contributed by atoms with E-state index in [4.69, 9.17) is 9.97 Å². The zero-order chi connectivity index (χ0) is 19.3. The number of aryl methyl sites for hydroxylation is 2. The van der Waals surface area contributed by atoms with Gasteiger partial charge in [-0.3, -0.25) is 0 Å². The van der Waals surface area contributed by atoms with Crippen LogP contribution in [0.25, 0.3) is 10.9 Å². The Morgan fingerprint density at radius 1 is 0.821 bits per heavy atom. The standard InChI is InChI=1S/C24H24N4/c1-17-12-13-21(18(2)16-17)26-24-27-22-11-7-6-10-20(22)23(28-24)25-15-14-19-8-4-3-5-9-19/h3-13,16H,14-15H2,1-2H3,(H2,25,26,27,28). The van der Waals surface area contributed by atoms with Gasteiger partial charge in [-0.15, -0.1) is 0 Å². The minimum Gasteiger partial charge on any atom is -0.369 e. The van der Waals surface area contributed by atoms with Gasteiger partial charge in [-0.05, 0) is 49.6 Å². The van der Waals surface area contributed by atoms with Crippen molar-refractivity contribution in [3.05, 3.63) is 89.5 Å². The molecule has 0 aliphatic carbocycles. The van der Waals surface area contributed by atoms with Crippen LogP contribution in [-0.4, -0.2) is 16.5 Å². The van der Waals surface area contributed by atoms with Crippen LogP contribution in [0.15, 0.2) is 72.8 Å². The first kappa shape index (κ1) is 18.0. The number of aromatic nitrogens is 2. The molecular formula is C24H24N4. The highest BCUT2D eigenvalue weighted by Crippen LogP contribution is 2.25. The predicted octanol–water partition coefficient (Wildman–Crippen LogP) is 5.64. The molecule has 0 saturated heterocycles. The van der Waals surface area contributed by atoms with E-state index in [9.17, 15) is 0 Å². The molecule has 0 spiro atoms. The number of fused-ring (bicyclic) bond motifs is 1. The summed E-state index contributed by atoms with van der Waals surface area (Å²) in [6.07, 6.45) is 0.943. The monoisotopic (exact) mass is 368 g/mol. The van der Waals surface area contributed by atoms with Crippen LogP contribution in [0.3, 0.4) is 0 Å². The van der Waals surface area contributed by atoms with Crippen LogP contribution in [-0.2, 0) is 6.42 Å². The van der Waals surface area contributed by atoms with Gasteiger partial charge in [0.1, 0.15) is 5.82 Å². The van der Waals surface area contributed by atoms with Crippen molar-refractivity contribution in [3.63, 3.8) is 0 Å². The topological polar surface area (TPSA) is 49.8 Å². The van der Waals surface area contributed by atoms with E-state index in [2.05, 4.69) is 73.0 Å². The van der Waals surface area contributed by atoms with Crippen LogP contribution in [0.1, 0.15) is 16.7 Å². The molecule has 0 bridgehead atoms. The van der Waals surface area contributed by atoms with Crippen LogP contribution < -0.4 is 10.6 Å². The fourth-order valence-corrected chi connectivity index (χ4v) is 3.31. The van der Waals surface area contributed by atoms with E-state index in [1.54, 1.807) is 0 Å². The van der Waals surface area contributed by atoms with Crippen molar-refractivity contribution in [1.29, 1.82) is 0 Å². The number of para-hydroxylation sites is 1. The number of anilines is 3. The average Bonchev–Trinajstić information content (AvgIpc) is 2.71. The summed E-state index contributed by atoms with van der Waals surface area (Å²) in [5.74, 6) is 1.46. The number of nitrogens with one attached hydrogen (secondary N) is 2. The number of nitrogens with zero attached hydrogens (tertiary/aromatic N) is 2. The highest BCUT2D eigenvalue weighted by molar-refractivity contribution is 5.90. The lowest BCUT2D eigenvalue weighted by Crippen LogP contribution is -2.09. The van der Waals surface area contributed by atoms with Gasteiger partial charge in [0.2, 0.25) is 5.95 Å². The van der Waals surface area contributed by atoms with Crippen molar-refractivity contribution in [3.8, 4) is 0 Å². The lowest BCUT2D eigenvalue weighted by molar-refractivity contribution is 1.01. The SMILES string of the molecule is Cc1ccc(Nc2nc(NCCc3ccccc3)c3ccccc3n2)c(C)c1. The normalized spacial score (nSPS) is 10.8. The molecule has 3 aromatic carbocycles. The third kappa shape index (κ3) is 4.12. The first-order valence-electron chi connectivity index (χ1n) is 9.58. The second-order valence-corrected chi connectivity index (χ2v) is 7.02. The summed E-state index contributed by atoms with van der Waals surface area (Å²) in [5.41, 5.74) is 5.67. The van der Waals surface area contributed by atoms with Crippen molar-refractivity contribution in [2.24, 2.45) is 0 Å². The maximum absolute atomic E-state index is 4.76. The van der Waals surface area contributed by atoms with Gasteiger partial charge in [-0.2, -0.15) is 4.98 Å². The molecule has 0 fully saturated rings. The molecule has 4 rings (SSSR count). The minimum absolute atomic E-state index is 0.605. The van der Waals surface area contributed by atoms with Gasteiger partial charge in [0.25, 0.3) is 0 Å². The third-order valence-electron chi connectivity index (χ3n) is 4.78. The molecule has 4 heteroatoms. The second kappa shape index (κ2) is 8.09. The molecule has 0 aliphatic rings. The van der Waals surface area contributed by atoms with Gasteiger partial charge >= 0.3 is 0 Å². The lowest BCUT2D eigenvalue weighted by Gasteiger charge is -2.13. The summed E-state index contributed by atoms with van der Waals surface area (Å²) in [7, 11) is 0. The molecule has 0 unspecified atom stereocenters. The van der Waals surface area contributed by atoms with Crippen LogP contribution >= 0.6 is 0 Å². The molecule has 1 heterocycles. The Morgan fingerprint density at radius 3 is 2.43 bits per heavy atom. The minimum atomic E-state index is 0.605. The Kier molecular flexibility index (Phi) is 5.20. The zero-order valence-corrected chi connectivity index (χ0v) is 16.2. The van der Waals surface area contributed by atoms with Crippen LogP contribution in [0.4, 0.5) is 17.5 Å². The molecule has 0 saturated carbocycles. The quantitative estimate of drug-likeness (QED) is 0.462. The molecule has 0 aliphatic heterocycles. The van der Waals surface area contributed by atoms with Gasteiger partial charge in [-0.1, -0.05) is 60.2 Å². The van der Waals surface area contributed by atoms with E-state index in [0.29, 0.717) is 5.95 Å². The summed E-state index contributed by atoms with van der Waals surface area (Å²) in [6.45, 7) is 5.00. The maximum Gasteiger partial charge on any atom is 0.229 e. The van der Waals surface area contributed by atoms with E-state index in [1.165, 1.54) is 16.7 Å². The Bertz CT molecular complexity index is 1090. The number of hydrogen-bond donors (Lipinski definition) is 2. The number of benzene rings is 3. The highest BCUT2D eigenvalue weighted by atomic mass is 15.1. The number of hydrogen-bond acceptors (Lipinski definition) is 4. The van der Waals surface area contributed by atoms with Crippen LogP contribution in [0.2, 0.25) is 0 Å². The van der Waals surface area contributed by atoms with E-state index in [1.807, 2.05) is 24.3 Å². The molecule has 1 aromatic heterocycles. The smallest absolute Gasteiger partial charge is 0.229 e. The predicted molar refractivity (Wildman–Crippen MR) is 117 cm³/mol. The fraction of sp³-hybridized carbons (Fsp3) is 0.167. The molecule has 2 N–H and O–H groups in total. The van der Waals surface area contributed by atoms with Crippen molar-refractivity contribution in [1.82, 2.24) is 9.97 Å². The summed E-state index contributed by atoms with van der Waals surface area (Å²) in [4.78, 5) is 9.46. The summed E-state index contributed by atoms with van der Waals surface area (Å²) in [5, 5.41) is 7.90. The molecule has 140 valence electrons. The van der Waals surface area contributed by atoms with E-state index in [0.717, 1.165) is 35.4 Å². The van der Waals surface area contributed by atoms with E-state index < -0.39 is 0 Å². The molecule has 4 aromatic rings. The van der Waals surface area contributed by atoms with Crippen LogP contribution in [0, 0.1) is 13.8 Å². The summed E-state index contributed by atoms with van der Waals surface area (Å²) in [6, 6.07) is 24.9. The molecule has 0 radical (unpaired) electrons. The van der Waals surface area contributed by atoms with E-state index >= 15 is 0 Å². The Labute approximate surface area is 165 Å². The van der Waals surface area contributed by atoms with Crippen molar-refractivity contribution in [2.75, 3.05) is 17.2 Å². The second-order valence-electron chi connectivity index (χ2n) is 7.02. The Hall–Kier alpha value is -3.40. The van der Waals surface area contributed by atoms with Gasteiger partial charge < -0.3 is 10.6 Å². The first-order chi connectivity index (χ1) is 13.7. The molecule has 4 nitrogen and oxygen atoms in total. The van der Waals surface area contributed by atoms with Gasteiger partial charge in [0.15, 0.2) is 0 Å². The van der Waals surface area contributed by atoms with Crippen molar-refractivity contribution < 1.29 is 0 Å². The van der Waals surface area contributed by atoms with Gasteiger partial charge in [0.05, 0.1) is 5.52 Å². The fourth-order valence-electron chi connectivity index (χ4n) is 3.31. The third-order valence-corrected chi connectivity index (χ3v) is 4.78. The van der Waals surface area contributed by atoms with Crippen molar-refractivity contribution >= 4 is 28.4 Å². The van der Waals surface area contributed by atoms with Crippen LogP contribution in [0.5, 0.6) is 0 Å². The average molecular weight is 368 g/mol. The molecule has 0 atom stereocenters. The summed E-state index contributed by atoms with van der Waals surface area (Å²) < 4.78 is 0.